The van der Waals surface area contributed by atoms with Gasteiger partial charge in [0.25, 0.3) is 5.91 Å². The van der Waals surface area contributed by atoms with E-state index in [0.717, 1.165) is 35.6 Å². The van der Waals surface area contributed by atoms with Crippen LogP contribution in [0.15, 0.2) is 36.7 Å². The van der Waals surface area contributed by atoms with Crippen LogP contribution in [0, 0.1) is 6.92 Å². The van der Waals surface area contributed by atoms with Crippen molar-refractivity contribution in [2.45, 2.75) is 19.3 Å². The van der Waals surface area contributed by atoms with Gasteiger partial charge in [0.2, 0.25) is 0 Å². The van der Waals surface area contributed by atoms with E-state index in [9.17, 15) is 4.79 Å². The van der Waals surface area contributed by atoms with Crippen molar-refractivity contribution in [2.75, 3.05) is 27.3 Å². The maximum absolute atomic E-state index is 12.7. The Kier molecular flexibility index (Phi) is 4.69. The molecule has 1 aromatic heterocycles. The van der Waals surface area contributed by atoms with Gasteiger partial charge >= 0.3 is 0 Å². The van der Waals surface area contributed by atoms with Gasteiger partial charge in [-0.3, -0.25) is 9.78 Å². The number of aryl methyl sites for hydroxylation is 1. The highest BCUT2D eigenvalue weighted by molar-refractivity contribution is 5.94. The van der Waals surface area contributed by atoms with E-state index >= 15 is 0 Å². The zero-order valence-corrected chi connectivity index (χ0v) is 14.3. The van der Waals surface area contributed by atoms with E-state index in [0.29, 0.717) is 12.1 Å². The molecular formula is C19H22N2O3. The molecule has 126 valence electrons. The molecule has 1 aliphatic heterocycles. The molecule has 0 saturated carbocycles. The van der Waals surface area contributed by atoms with Crippen LogP contribution in [0.25, 0.3) is 0 Å². The van der Waals surface area contributed by atoms with Gasteiger partial charge in [0.15, 0.2) is 0 Å². The number of aromatic nitrogens is 1. The molecule has 1 aromatic carbocycles. The Hall–Kier alpha value is -2.56. The normalized spacial score (nSPS) is 17.0. The average Bonchev–Trinajstić information content (AvgIpc) is 3.10. The largest absolute Gasteiger partial charge is 0.497 e. The minimum absolute atomic E-state index is 0.0450. The lowest BCUT2D eigenvalue weighted by molar-refractivity contribution is 0.0790. The summed E-state index contributed by atoms with van der Waals surface area (Å²) in [6, 6.07) is 7.79. The summed E-state index contributed by atoms with van der Waals surface area (Å²) in [7, 11) is 3.29. The second kappa shape index (κ2) is 6.91. The number of nitrogens with zero attached hydrogens (tertiary/aromatic N) is 2. The zero-order chi connectivity index (χ0) is 17.1. The van der Waals surface area contributed by atoms with Crippen LogP contribution >= 0.6 is 0 Å². The van der Waals surface area contributed by atoms with Crippen molar-refractivity contribution < 1.29 is 14.3 Å². The standard InChI is InChI=1S/C19H22N2O3/c1-13-6-16(11-20-10-13)19(22)21-5-4-14(12-21)15-7-17(23-2)9-18(8-15)24-3/h6-11,14H,4-5,12H2,1-3H3. The topological polar surface area (TPSA) is 51.7 Å². The molecule has 1 fully saturated rings. The number of amides is 1. The van der Waals surface area contributed by atoms with Crippen LogP contribution < -0.4 is 9.47 Å². The van der Waals surface area contributed by atoms with Crippen LogP contribution in [0.3, 0.4) is 0 Å². The summed E-state index contributed by atoms with van der Waals surface area (Å²) in [5.41, 5.74) is 2.79. The lowest BCUT2D eigenvalue weighted by Crippen LogP contribution is -2.28. The van der Waals surface area contributed by atoms with Gasteiger partial charge in [0.05, 0.1) is 19.8 Å². The Labute approximate surface area is 142 Å². The molecule has 5 heteroatoms. The molecule has 5 nitrogen and oxygen atoms in total. The molecule has 0 radical (unpaired) electrons. The van der Waals surface area contributed by atoms with Crippen LogP contribution in [0.4, 0.5) is 0 Å². The average molecular weight is 326 g/mol. The number of hydrogen-bond donors (Lipinski definition) is 0. The minimum atomic E-state index is 0.0450. The number of rotatable bonds is 4. The third-order valence-electron chi connectivity index (χ3n) is 4.44. The predicted octanol–water partition coefficient (Wildman–Crippen LogP) is 3.04. The number of pyridine rings is 1. The first-order valence-electron chi connectivity index (χ1n) is 8.04. The zero-order valence-electron chi connectivity index (χ0n) is 14.3. The van der Waals surface area contributed by atoms with Crippen molar-refractivity contribution in [1.29, 1.82) is 0 Å². The second-order valence-electron chi connectivity index (χ2n) is 6.13. The number of carbonyl (C=O) groups is 1. The van der Waals surface area contributed by atoms with E-state index in [1.165, 1.54) is 0 Å². The molecule has 3 rings (SSSR count). The molecule has 1 amide bonds. The number of likely N-dealkylation sites (tertiary alicyclic amines) is 1. The van der Waals surface area contributed by atoms with E-state index in [2.05, 4.69) is 4.98 Å². The summed E-state index contributed by atoms with van der Waals surface area (Å²) in [5, 5.41) is 0. The van der Waals surface area contributed by atoms with Crippen LogP contribution in [-0.4, -0.2) is 43.1 Å². The summed E-state index contributed by atoms with van der Waals surface area (Å²) in [5.74, 6) is 1.88. The first kappa shape index (κ1) is 16.3. The van der Waals surface area contributed by atoms with Crippen LogP contribution in [0.5, 0.6) is 11.5 Å². The molecule has 0 spiro atoms. The smallest absolute Gasteiger partial charge is 0.255 e. The molecule has 0 N–H and O–H groups in total. The lowest BCUT2D eigenvalue weighted by atomic mass is 9.98. The molecule has 1 unspecified atom stereocenters. The first-order valence-corrected chi connectivity index (χ1v) is 8.04. The summed E-state index contributed by atoms with van der Waals surface area (Å²) >= 11 is 0. The molecule has 2 heterocycles. The third-order valence-corrected chi connectivity index (χ3v) is 4.44. The molecule has 1 saturated heterocycles. The van der Waals surface area contributed by atoms with Crippen molar-refractivity contribution in [3.05, 3.63) is 53.3 Å². The van der Waals surface area contributed by atoms with Gasteiger partial charge in [-0.05, 0) is 42.7 Å². The highest BCUT2D eigenvalue weighted by Gasteiger charge is 2.28. The Morgan fingerprint density at radius 1 is 1.12 bits per heavy atom. The SMILES string of the molecule is COc1cc(OC)cc(C2CCN(C(=O)c3cncc(C)c3)C2)c1. The van der Waals surface area contributed by atoms with Gasteiger partial charge < -0.3 is 14.4 Å². The summed E-state index contributed by atoms with van der Waals surface area (Å²) in [6.45, 7) is 3.39. The molecule has 24 heavy (non-hydrogen) atoms. The summed E-state index contributed by atoms with van der Waals surface area (Å²) in [4.78, 5) is 18.7. The van der Waals surface area contributed by atoms with E-state index in [1.54, 1.807) is 26.6 Å². The maximum Gasteiger partial charge on any atom is 0.255 e. The maximum atomic E-state index is 12.7. The number of benzene rings is 1. The summed E-state index contributed by atoms with van der Waals surface area (Å²) in [6.07, 6.45) is 4.32. The molecular weight excluding hydrogens is 304 g/mol. The van der Waals surface area contributed by atoms with E-state index < -0.39 is 0 Å². The van der Waals surface area contributed by atoms with Gasteiger partial charge in [0.1, 0.15) is 11.5 Å². The first-order chi connectivity index (χ1) is 11.6. The van der Waals surface area contributed by atoms with E-state index in [-0.39, 0.29) is 11.8 Å². The second-order valence-corrected chi connectivity index (χ2v) is 6.13. The van der Waals surface area contributed by atoms with Crippen molar-refractivity contribution >= 4 is 5.91 Å². The van der Waals surface area contributed by atoms with Crippen LogP contribution in [0.1, 0.15) is 33.8 Å². The Balaban J connectivity index is 1.77. The van der Waals surface area contributed by atoms with E-state index in [4.69, 9.17) is 9.47 Å². The number of methoxy groups -OCH3 is 2. The Bertz CT molecular complexity index is 723. The Morgan fingerprint density at radius 2 is 1.83 bits per heavy atom. The summed E-state index contributed by atoms with van der Waals surface area (Å²) < 4.78 is 10.7. The molecule has 2 aromatic rings. The quantitative estimate of drug-likeness (QED) is 0.866. The monoisotopic (exact) mass is 326 g/mol. The minimum Gasteiger partial charge on any atom is -0.497 e. The molecule has 1 aliphatic rings. The van der Waals surface area contributed by atoms with Crippen LogP contribution in [-0.2, 0) is 0 Å². The van der Waals surface area contributed by atoms with Gasteiger partial charge in [-0.25, -0.2) is 0 Å². The molecule has 0 bridgehead atoms. The fourth-order valence-corrected chi connectivity index (χ4v) is 3.14. The van der Waals surface area contributed by atoms with Gasteiger partial charge in [-0.15, -0.1) is 0 Å². The van der Waals surface area contributed by atoms with Crippen molar-refractivity contribution in [3.8, 4) is 11.5 Å². The Morgan fingerprint density at radius 3 is 2.46 bits per heavy atom. The predicted molar refractivity (Wildman–Crippen MR) is 91.8 cm³/mol. The van der Waals surface area contributed by atoms with Crippen molar-refractivity contribution in [2.24, 2.45) is 0 Å². The van der Waals surface area contributed by atoms with Crippen molar-refractivity contribution in [1.82, 2.24) is 9.88 Å². The number of carbonyl (C=O) groups excluding carboxylic acids is 1. The number of hydrogen-bond acceptors (Lipinski definition) is 4. The number of ether oxygens (including phenoxy) is 2. The molecule has 1 atom stereocenters. The van der Waals surface area contributed by atoms with Crippen molar-refractivity contribution in [3.63, 3.8) is 0 Å². The lowest BCUT2D eigenvalue weighted by Gasteiger charge is -2.17. The highest BCUT2D eigenvalue weighted by atomic mass is 16.5. The van der Waals surface area contributed by atoms with Gasteiger partial charge in [-0.2, -0.15) is 0 Å². The fourth-order valence-electron chi connectivity index (χ4n) is 3.14. The van der Waals surface area contributed by atoms with Gasteiger partial charge in [-0.1, -0.05) is 0 Å². The van der Waals surface area contributed by atoms with Crippen LogP contribution in [0.2, 0.25) is 0 Å². The fraction of sp³-hybridized carbons (Fsp3) is 0.368. The highest BCUT2D eigenvalue weighted by Crippen LogP contribution is 2.33. The van der Waals surface area contributed by atoms with Gasteiger partial charge in [0, 0.05) is 37.5 Å². The third kappa shape index (κ3) is 3.35. The molecule has 0 aliphatic carbocycles. The van der Waals surface area contributed by atoms with E-state index in [1.807, 2.05) is 36.1 Å².